The summed E-state index contributed by atoms with van der Waals surface area (Å²) in [4.78, 5) is 37.6. The molecule has 0 unspecified atom stereocenters. The summed E-state index contributed by atoms with van der Waals surface area (Å²) in [6.45, 7) is 2.43. The van der Waals surface area contributed by atoms with E-state index in [4.69, 9.17) is 0 Å². The van der Waals surface area contributed by atoms with Gasteiger partial charge in [0, 0.05) is 44.5 Å². The number of carbonyl (C=O) groups excluding carboxylic acids is 2. The molecular formula is C23H26N4O2S. The maximum absolute atomic E-state index is 12.5. The molecule has 0 spiro atoms. The Balaban J connectivity index is 1.16. The predicted molar refractivity (Wildman–Crippen MR) is 118 cm³/mol. The Hall–Kier alpha value is -2.80. The van der Waals surface area contributed by atoms with Crippen molar-refractivity contribution in [3.63, 3.8) is 0 Å². The lowest BCUT2D eigenvalue weighted by atomic mass is 10.1. The molecule has 7 heteroatoms. The van der Waals surface area contributed by atoms with Crippen LogP contribution in [0.4, 0.5) is 0 Å². The Bertz CT molecular complexity index is 964. The van der Waals surface area contributed by atoms with E-state index in [0.717, 1.165) is 35.5 Å². The second-order valence-electron chi connectivity index (χ2n) is 7.54. The lowest BCUT2D eigenvalue weighted by Gasteiger charge is -2.35. The van der Waals surface area contributed by atoms with E-state index >= 15 is 0 Å². The zero-order chi connectivity index (χ0) is 20.8. The number of carbonyl (C=O) groups is 2. The number of benzene rings is 1. The van der Waals surface area contributed by atoms with Gasteiger partial charge < -0.3 is 9.80 Å². The highest BCUT2D eigenvalue weighted by atomic mass is 32.1. The van der Waals surface area contributed by atoms with Crippen molar-refractivity contribution in [2.45, 2.75) is 32.1 Å². The van der Waals surface area contributed by atoms with Crippen LogP contribution in [0.3, 0.4) is 0 Å². The molecule has 1 aromatic carbocycles. The van der Waals surface area contributed by atoms with Crippen LogP contribution in [0.1, 0.15) is 30.0 Å². The van der Waals surface area contributed by atoms with Crippen molar-refractivity contribution in [1.82, 2.24) is 19.8 Å². The van der Waals surface area contributed by atoms with Gasteiger partial charge >= 0.3 is 0 Å². The third kappa shape index (κ3) is 5.21. The molecule has 0 N–H and O–H groups in total. The van der Waals surface area contributed by atoms with Crippen LogP contribution in [0.15, 0.2) is 48.7 Å². The second kappa shape index (κ2) is 9.80. The van der Waals surface area contributed by atoms with Gasteiger partial charge in [-0.3, -0.25) is 14.6 Å². The number of aryl methyl sites for hydroxylation is 1. The van der Waals surface area contributed by atoms with Gasteiger partial charge in [-0.2, -0.15) is 0 Å². The van der Waals surface area contributed by atoms with Crippen molar-refractivity contribution in [2.24, 2.45) is 0 Å². The van der Waals surface area contributed by atoms with Gasteiger partial charge in [-0.15, -0.1) is 11.3 Å². The van der Waals surface area contributed by atoms with Crippen molar-refractivity contribution in [3.8, 4) is 0 Å². The average molecular weight is 423 g/mol. The summed E-state index contributed by atoms with van der Waals surface area (Å²) in [6.07, 6.45) is 5.34. The fourth-order valence-corrected chi connectivity index (χ4v) is 4.72. The first-order valence-electron chi connectivity index (χ1n) is 10.5. The summed E-state index contributed by atoms with van der Waals surface area (Å²) in [5.74, 6) is 0.271. The first-order valence-corrected chi connectivity index (χ1v) is 11.3. The van der Waals surface area contributed by atoms with Gasteiger partial charge in [0.2, 0.25) is 11.8 Å². The molecule has 2 amide bonds. The van der Waals surface area contributed by atoms with E-state index in [-0.39, 0.29) is 11.8 Å². The van der Waals surface area contributed by atoms with Gasteiger partial charge in [-0.25, -0.2) is 4.98 Å². The molecule has 6 nitrogen and oxygen atoms in total. The minimum atomic E-state index is 0.0802. The van der Waals surface area contributed by atoms with Crippen LogP contribution in [0.2, 0.25) is 0 Å². The number of amides is 2. The van der Waals surface area contributed by atoms with Crippen LogP contribution < -0.4 is 0 Å². The second-order valence-corrected chi connectivity index (χ2v) is 8.66. The maximum atomic E-state index is 12.5. The van der Waals surface area contributed by atoms with E-state index in [1.807, 2.05) is 46.2 Å². The van der Waals surface area contributed by atoms with Crippen molar-refractivity contribution in [3.05, 3.63) is 59.4 Å². The number of unbranched alkanes of at least 4 members (excludes halogenated alkanes) is 1. The Morgan fingerprint density at radius 2 is 1.63 bits per heavy atom. The summed E-state index contributed by atoms with van der Waals surface area (Å²) in [5.41, 5.74) is 1.85. The molecule has 1 aliphatic rings. The number of fused-ring (bicyclic) bond motifs is 1. The molecule has 0 atom stereocenters. The first kappa shape index (κ1) is 20.5. The number of aromatic nitrogens is 2. The van der Waals surface area contributed by atoms with Gasteiger partial charge in [0.15, 0.2) is 0 Å². The number of rotatable bonds is 7. The lowest BCUT2D eigenvalue weighted by Crippen LogP contribution is -2.51. The van der Waals surface area contributed by atoms with Crippen LogP contribution >= 0.6 is 11.3 Å². The van der Waals surface area contributed by atoms with E-state index in [1.165, 1.54) is 4.70 Å². The van der Waals surface area contributed by atoms with Crippen molar-refractivity contribution >= 4 is 33.4 Å². The van der Waals surface area contributed by atoms with Gasteiger partial charge in [0.05, 0.1) is 21.6 Å². The van der Waals surface area contributed by atoms with Crippen LogP contribution in [0.5, 0.6) is 0 Å². The molecule has 1 fully saturated rings. The number of thiazole rings is 1. The number of para-hydroxylation sites is 1. The molecule has 0 saturated carbocycles. The molecule has 1 aliphatic heterocycles. The molecular weight excluding hydrogens is 396 g/mol. The fourth-order valence-electron chi connectivity index (χ4n) is 3.71. The van der Waals surface area contributed by atoms with E-state index < -0.39 is 0 Å². The largest absolute Gasteiger partial charge is 0.339 e. The summed E-state index contributed by atoms with van der Waals surface area (Å²) in [7, 11) is 0. The molecule has 0 aliphatic carbocycles. The number of hydrogen-bond donors (Lipinski definition) is 0. The van der Waals surface area contributed by atoms with E-state index in [0.29, 0.717) is 39.0 Å². The topological polar surface area (TPSA) is 66.4 Å². The van der Waals surface area contributed by atoms with Crippen molar-refractivity contribution in [1.29, 1.82) is 0 Å². The number of nitrogens with zero attached hydrogens (tertiary/aromatic N) is 4. The molecule has 30 heavy (non-hydrogen) atoms. The quantitative estimate of drug-likeness (QED) is 0.548. The SMILES string of the molecule is O=C(CCCCc1nc2ccccc2s1)N1CCN(C(=O)Cc2ccccn2)CC1. The Labute approximate surface area is 180 Å². The third-order valence-corrected chi connectivity index (χ3v) is 6.51. The van der Waals surface area contributed by atoms with Crippen molar-refractivity contribution < 1.29 is 9.59 Å². The molecule has 0 radical (unpaired) electrons. The van der Waals surface area contributed by atoms with Gasteiger partial charge in [0.25, 0.3) is 0 Å². The monoisotopic (exact) mass is 422 g/mol. The standard InChI is InChI=1S/C23H26N4O2S/c28-22(11-4-3-10-21-25-19-8-1-2-9-20(19)30-21)26-13-15-27(16-14-26)23(29)17-18-7-5-6-12-24-18/h1-2,5-9,12H,3-4,10-11,13-17H2. The van der Waals surface area contributed by atoms with Crippen LogP contribution in [0.25, 0.3) is 10.2 Å². The zero-order valence-electron chi connectivity index (χ0n) is 17.0. The minimum absolute atomic E-state index is 0.0802. The lowest BCUT2D eigenvalue weighted by molar-refractivity contribution is -0.139. The average Bonchev–Trinajstić information content (AvgIpc) is 3.20. The molecule has 3 heterocycles. The Kier molecular flexibility index (Phi) is 6.69. The summed E-state index contributed by atoms with van der Waals surface area (Å²) in [5, 5.41) is 1.14. The molecule has 4 rings (SSSR count). The number of piperazine rings is 1. The Morgan fingerprint density at radius 3 is 2.37 bits per heavy atom. The Morgan fingerprint density at radius 1 is 0.900 bits per heavy atom. The summed E-state index contributed by atoms with van der Waals surface area (Å²) in [6, 6.07) is 13.8. The van der Waals surface area contributed by atoms with Gasteiger partial charge in [-0.1, -0.05) is 18.2 Å². The van der Waals surface area contributed by atoms with Crippen molar-refractivity contribution in [2.75, 3.05) is 26.2 Å². The normalized spacial score (nSPS) is 14.3. The molecule has 0 bridgehead atoms. The molecule has 1 saturated heterocycles. The number of pyridine rings is 1. The van der Waals surface area contributed by atoms with Crippen LogP contribution in [-0.2, 0) is 22.4 Å². The zero-order valence-corrected chi connectivity index (χ0v) is 17.8. The molecule has 2 aromatic heterocycles. The number of hydrogen-bond acceptors (Lipinski definition) is 5. The highest BCUT2D eigenvalue weighted by Crippen LogP contribution is 2.23. The highest BCUT2D eigenvalue weighted by molar-refractivity contribution is 7.18. The summed E-state index contributed by atoms with van der Waals surface area (Å²) < 4.78 is 1.22. The summed E-state index contributed by atoms with van der Waals surface area (Å²) >= 11 is 1.74. The van der Waals surface area contributed by atoms with Gasteiger partial charge in [-0.05, 0) is 43.5 Å². The van der Waals surface area contributed by atoms with Crippen LogP contribution in [-0.4, -0.2) is 57.8 Å². The van der Waals surface area contributed by atoms with Gasteiger partial charge in [0.1, 0.15) is 0 Å². The third-order valence-electron chi connectivity index (χ3n) is 5.41. The highest BCUT2D eigenvalue weighted by Gasteiger charge is 2.24. The van der Waals surface area contributed by atoms with Crippen LogP contribution in [0, 0.1) is 0 Å². The molecule has 156 valence electrons. The fraction of sp³-hybridized carbons (Fsp3) is 0.391. The molecule has 3 aromatic rings. The van der Waals surface area contributed by atoms with E-state index in [1.54, 1.807) is 17.5 Å². The smallest absolute Gasteiger partial charge is 0.228 e. The van der Waals surface area contributed by atoms with E-state index in [2.05, 4.69) is 16.0 Å². The van der Waals surface area contributed by atoms with E-state index in [9.17, 15) is 9.59 Å². The predicted octanol–water partition coefficient (Wildman–Crippen LogP) is 3.32. The maximum Gasteiger partial charge on any atom is 0.228 e. The first-order chi connectivity index (χ1) is 14.7. The minimum Gasteiger partial charge on any atom is -0.339 e.